The minimum atomic E-state index is 0.0195. The molecule has 108 valence electrons. The van der Waals surface area contributed by atoms with E-state index in [9.17, 15) is 4.79 Å². The van der Waals surface area contributed by atoms with Crippen LogP contribution < -0.4 is 5.32 Å². The fraction of sp³-hybridized carbons (Fsp3) is 0.438. The molecule has 2 amide bonds. The second-order valence-electron chi connectivity index (χ2n) is 5.02. The molecule has 0 aliphatic heterocycles. The maximum atomic E-state index is 11.9. The first-order valence-corrected chi connectivity index (χ1v) is 7.25. The second-order valence-corrected chi connectivity index (χ2v) is 5.02. The van der Waals surface area contributed by atoms with Gasteiger partial charge in [0.05, 0.1) is 0 Å². The molecular weight excluding hydrogens is 250 g/mol. The number of aromatic amines is 1. The highest BCUT2D eigenvalue weighted by atomic mass is 16.2. The van der Waals surface area contributed by atoms with E-state index in [0.29, 0.717) is 6.54 Å². The molecular formula is C16H23N3O. The van der Waals surface area contributed by atoms with Gasteiger partial charge in [0.25, 0.3) is 0 Å². The summed E-state index contributed by atoms with van der Waals surface area (Å²) in [6.45, 7) is 8.23. The molecule has 0 saturated heterocycles. The maximum absolute atomic E-state index is 11.9. The van der Waals surface area contributed by atoms with Crippen molar-refractivity contribution >= 4 is 16.9 Å². The van der Waals surface area contributed by atoms with E-state index in [1.165, 1.54) is 16.5 Å². The smallest absolute Gasteiger partial charge is 0.317 e. The molecule has 0 atom stereocenters. The SMILES string of the molecule is CCN(CC)C(=O)NCCc1c[nH]c2ccc(C)cc12. The summed E-state index contributed by atoms with van der Waals surface area (Å²) in [6, 6.07) is 6.41. The molecule has 0 fully saturated rings. The molecule has 0 aliphatic rings. The molecule has 2 N–H and O–H groups in total. The number of H-pyrrole nitrogens is 1. The molecule has 20 heavy (non-hydrogen) atoms. The number of nitrogens with one attached hydrogen (secondary N) is 2. The van der Waals surface area contributed by atoms with Crippen LogP contribution in [0.4, 0.5) is 4.79 Å². The highest BCUT2D eigenvalue weighted by Gasteiger charge is 2.09. The first-order chi connectivity index (χ1) is 9.65. The number of benzene rings is 1. The molecule has 0 unspecified atom stereocenters. The van der Waals surface area contributed by atoms with Crippen LogP contribution >= 0.6 is 0 Å². The van der Waals surface area contributed by atoms with Crippen molar-refractivity contribution in [3.8, 4) is 0 Å². The van der Waals surface area contributed by atoms with E-state index in [0.717, 1.165) is 25.0 Å². The normalized spacial score (nSPS) is 10.8. The summed E-state index contributed by atoms with van der Waals surface area (Å²) in [7, 11) is 0. The number of aromatic nitrogens is 1. The third kappa shape index (κ3) is 3.13. The van der Waals surface area contributed by atoms with Crippen LogP contribution in [-0.2, 0) is 6.42 Å². The molecule has 1 heterocycles. The number of rotatable bonds is 5. The molecule has 2 rings (SSSR count). The Balaban J connectivity index is 1.96. The van der Waals surface area contributed by atoms with Crippen LogP contribution in [0.25, 0.3) is 10.9 Å². The number of aryl methyl sites for hydroxylation is 1. The van der Waals surface area contributed by atoms with Crippen molar-refractivity contribution in [2.24, 2.45) is 0 Å². The fourth-order valence-electron chi connectivity index (χ4n) is 2.43. The van der Waals surface area contributed by atoms with Crippen molar-refractivity contribution in [2.45, 2.75) is 27.2 Å². The largest absolute Gasteiger partial charge is 0.361 e. The number of nitrogens with zero attached hydrogens (tertiary/aromatic N) is 1. The van der Waals surface area contributed by atoms with E-state index in [1.807, 2.05) is 20.0 Å². The van der Waals surface area contributed by atoms with Crippen LogP contribution in [-0.4, -0.2) is 35.5 Å². The van der Waals surface area contributed by atoms with Crippen LogP contribution in [0.1, 0.15) is 25.0 Å². The molecule has 0 bridgehead atoms. The zero-order valence-electron chi connectivity index (χ0n) is 12.5. The average Bonchev–Trinajstić information content (AvgIpc) is 2.83. The Morgan fingerprint density at radius 3 is 2.75 bits per heavy atom. The van der Waals surface area contributed by atoms with Crippen molar-refractivity contribution in [2.75, 3.05) is 19.6 Å². The monoisotopic (exact) mass is 273 g/mol. The second kappa shape index (κ2) is 6.46. The topological polar surface area (TPSA) is 48.1 Å². The van der Waals surface area contributed by atoms with Gasteiger partial charge in [-0.1, -0.05) is 11.6 Å². The molecule has 0 saturated carbocycles. The zero-order valence-corrected chi connectivity index (χ0v) is 12.5. The minimum absolute atomic E-state index is 0.0195. The van der Waals surface area contributed by atoms with Crippen molar-refractivity contribution in [1.29, 1.82) is 0 Å². The van der Waals surface area contributed by atoms with E-state index in [2.05, 4.69) is 35.4 Å². The highest BCUT2D eigenvalue weighted by molar-refractivity contribution is 5.84. The van der Waals surface area contributed by atoms with Crippen LogP contribution in [0, 0.1) is 6.92 Å². The predicted octanol–water partition coefficient (Wildman–Crippen LogP) is 3.07. The molecule has 1 aromatic carbocycles. The number of fused-ring (bicyclic) bond motifs is 1. The summed E-state index contributed by atoms with van der Waals surface area (Å²) >= 11 is 0. The van der Waals surface area contributed by atoms with Gasteiger partial charge in [-0.2, -0.15) is 0 Å². The molecule has 0 radical (unpaired) electrons. The van der Waals surface area contributed by atoms with E-state index < -0.39 is 0 Å². The van der Waals surface area contributed by atoms with Gasteiger partial charge >= 0.3 is 6.03 Å². The fourth-order valence-corrected chi connectivity index (χ4v) is 2.43. The van der Waals surface area contributed by atoms with Gasteiger partial charge in [-0.25, -0.2) is 4.79 Å². The Morgan fingerprint density at radius 1 is 1.30 bits per heavy atom. The van der Waals surface area contributed by atoms with Crippen LogP contribution in [0.5, 0.6) is 0 Å². The van der Waals surface area contributed by atoms with Gasteiger partial charge in [0.15, 0.2) is 0 Å². The third-order valence-electron chi connectivity index (χ3n) is 3.64. The molecule has 1 aromatic heterocycles. The van der Waals surface area contributed by atoms with Crippen LogP contribution in [0.15, 0.2) is 24.4 Å². The Bertz CT molecular complexity index is 584. The first-order valence-electron chi connectivity index (χ1n) is 7.25. The number of carbonyl (C=O) groups excluding carboxylic acids is 1. The average molecular weight is 273 g/mol. The molecule has 0 aliphatic carbocycles. The zero-order chi connectivity index (χ0) is 14.5. The van der Waals surface area contributed by atoms with Gasteiger partial charge in [-0.15, -0.1) is 0 Å². The Morgan fingerprint density at radius 2 is 2.05 bits per heavy atom. The summed E-state index contributed by atoms with van der Waals surface area (Å²) in [6.07, 6.45) is 2.88. The third-order valence-corrected chi connectivity index (χ3v) is 3.64. The first kappa shape index (κ1) is 14.4. The van der Waals surface area contributed by atoms with Gasteiger partial charge in [0, 0.05) is 36.7 Å². The number of amides is 2. The van der Waals surface area contributed by atoms with Crippen molar-refractivity contribution in [3.05, 3.63) is 35.5 Å². The van der Waals surface area contributed by atoms with Gasteiger partial charge in [-0.05, 0) is 44.9 Å². The van der Waals surface area contributed by atoms with E-state index in [4.69, 9.17) is 0 Å². The lowest BCUT2D eigenvalue weighted by atomic mass is 10.1. The van der Waals surface area contributed by atoms with Crippen LogP contribution in [0.3, 0.4) is 0 Å². The quantitative estimate of drug-likeness (QED) is 0.864. The molecule has 4 nitrogen and oxygen atoms in total. The van der Waals surface area contributed by atoms with Gasteiger partial charge < -0.3 is 15.2 Å². The van der Waals surface area contributed by atoms with Crippen LogP contribution in [0.2, 0.25) is 0 Å². The van der Waals surface area contributed by atoms with Crippen molar-refractivity contribution < 1.29 is 4.79 Å². The van der Waals surface area contributed by atoms with Gasteiger partial charge in [0.1, 0.15) is 0 Å². The molecule has 2 aromatic rings. The van der Waals surface area contributed by atoms with Crippen molar-refractivity contribution in [3.63, 3.8) is 0 Å². The molecule has 4 heteroatoms. The van der Waals surface area contributed by atoms with E-state index >= 15 is 0 Å². The minimum Gasteiger partial charge on any atom is -0.361 e. The highest BCUT2D eigenvalue weighted by Crippen LogP contribution is 2.19. The van der Waals surface area contributed by atoms with E-state index in [-0.39, 0.29) is 6.03 Å². The Hall–Kier alpha value is -1.97. The predicted molar refractivity (Wildman–Crippen MR) is 83.1 cm³/mol. The summed E-state index contributed by atoms with van der Waals surface area (Å²) in [5.74, 6) is 0. The summed E-state index contributed by atoms with van der Waals surface area (Å²) in [5.41, 5.74) is 3.66. The lowest BCUT2D eigenvalue weighted by Gasteiger charge is -2.19. The number of urea groups is 1. The molecule has 0 spiro atoms. The number of carbonyl (C=O) groups is 1. The summed E-state index contributed by atoms with van der Waals surface area (Å²) < 4.78 is 0. The number of hydrogen-bond acceptors (Lipinski definition) is 1. The van der Waals surface area contributed by atoms with Gasteiger partial charge in [0.2, 0.25) is 0 Å². The summed E-state index contributed by atoms with van der Waals surface area (Å²) in [4.78, 5) is 16.9. The standard InChI is InChI=1S/C16H23N3O/c1-4-19(5-2)16(20)17-9-8-13-11-18-15-7-6-12(3)10-14(13)15/h6-7,10-11,18H,4-5,8-9H2,1-3H3,(H,17,20). The maximum Gasteiger partial charge on any atom is 0.317 e. The Labute approximate surface area is 120 Å². The lowest BCUT2D eigenvalue weighted by Crippen LogP contribution is -2.40. The number of hydrogen-bond donors (Lipinski definition) is 2. The van der Waals surface area contributed by atoms with Gasteiger partial charge in [-0.3, -0.25) is 0 Å². The van der Waals surface area contributed by atoms with Crippen molar-refractivity contribution in [1.82, 2.24) is 15.2 Å². The Kier molecular flexibility index (Phi) is 4.66. The van der Waals surface area contributed by atoms with E-state index in [1.54, 1.807) is 4.90 Å². The lowest BCUT2D eigenvalue weighted by molar-refractivity contribution is 0.203. The summed E-state index contributed by atoms with van der Waals surface area (Å²) in [5, 5.41) is 4.23.